The van der Waals surface area contributed by atoms with Gasteiger partial charge in [-0.25, -0.2) is 4.79 Å². The number of aliphatic imine (C=N–C) groups is 1. The molecule has 2 rings (SSSR count). The predicted octanol–water partition coefficient (Wildman–Crippen LogP) is 2.72. The lowest BCUT2D eigenvalue weighted by atomic mass is 9.71. The summed E-state index contributed by atoms with van der Waals surface area (Å²) < 4.78 is 0. The number of rotatable bonds is 2. The van der Waals surface area contributed by atoms with Crippen LogP contribution in [-0.2, 0) is 10.3 Å². The molecule has 0 atom stereocenters. The van der Waals surface area contributed by atoms with Gasteiger partial charge >= 0.3 is 0 Å². The van der Waals surface area contributed by atoms with Crippen LogP contribution in [0.1, 0.15) is 36.0 Å². The number of phenolic OH excluding ortho intramolecular Hbond substituents is 1. The van der Waals surface area contributed by atoms with Crippen LogP contribution in [-0.4, -0.2) is 11.2 Å². The van der Waals surface area contributed by atoms with Crippen LogP contribution in [0.15, 0.2) is 17.1 Å². The Morgan fingerprint density at radius 3 is 2.44 bits per heavy atom. The van der Waals surface area contributed by atoms with Crippen LogP contribution in [0, 0.1) is 13.8 Å². The third kappa shape index (κ3) is 1.54. The molecule has 1 aromatic rings. The van der Waals surface area contributed by atoms with Crippen molar-refractivity contribution in [3.63, 3.8) is 0 Å². The Morgan fingerprint density at radius 1 is 1.31 bits per heavy atom. The van der Waals surface area contributed by atoms with E-state index in [2.05, 4.69) is 4.99 Å². The molecule has 0 aromatic heterocycles. The van der Waals surface area contributed by atoms with Gasteiger partial charge in [0.1, 0.15) is 11.3 Å². The fourth-order valence-electron chi connectivity index (χ4n) is 2.21. The molecule has 0 bridgehead atoms. The number of nitrogens with zero attached hydrogens (tertiary/aromatic N) is 1. The molecule has 0 saturated heterocycles. The van der Waals surface area contributed by atoms with E-state index in [0.717, 1.165) is 36.0 Å². The third-order valence-corrected chi connectivity index (χ3v) is 3.55. The third-order valence-electron chi connectivity index (χ3n) is 3.55. The molecule has 0 amide bonds. The van der Waals surface area contributed by atoms with Crippen LogP contribution in [0.5, 0.6) is 5.75 Å². The standard InChI is InChI=1S/C13H15NO2/c1-9-6-11(12(16)7-10(9)2)13(14-8-15)4-3-5-13/h6-7,16H,3-5H2,1-2H3. The molecule has 1 N–H and O–H groups in total. The molecule has 0 heterocycles. The maximum absolute atomic E-state index is 10.5. The Balaban J connectivity index is 2.54. The lowest BCUT2D eigenvalue weighted by molar-refractivity contribution is 0.247. The Kier molecular flexibility index (Phi) is 2.56. The van der Waals surface area contributed by atoms with E-state index in [1.165, 1.54) is 0 Å². The molecule has 1 aliphatic carbocycles. The number of benzene rings is 1. The van der Waals surface area contributed by atoms with E-state index in [0.29, 0.717) is 0 Å². The molecule has 16 heavy (non-hydrogen) atoms. The topological polar surface area (TPSA) is 49.7 Å². The monoisotopic (exact) mass is 217 g/mol. The van der Waals surface area contributed by atoms with Gasteiger partial charge in [0.15, 0.2) is 0 Å². The van der Waals surface area contributed by atoms with Crippen LogP contribution in [0.25, 0.3) is 0 Å². The normalized spacial score (nSPS) is 17.4. The first-order valence-electron chi connectivity index (χ1n) is 5.49. The highest BCUT2D eigenvalue weighted by Crippen LogP contribution is 2.48. The van der Waals surface area contributed by atoms with Crippen molar-refractivity contribution in [3.8, 4) is 5.75 Å². The smallest absolute Gasteiger partial charge is 0.235 e. The molecular weight excluding hydrogens is 202 g/mol. The van der Waals surface area contributed by atoms with Gasteiger partial charge in [0.25, 0.3) is 0 Å². The minimum atomic E-state index is -0.510. The molecule has 3 heteroatoms. The first kappa shape index (κ1) is 10.9. The molecule has 0 aliphatic heterocycles. The Hall–Kier alpha value is -1.60. The van der Waals surface area contributed by atoms with Crippen LogP contribution < -0.4 is 0 Å². The lowest BCUT2D eigenvalue weighted by Crippen LogP contribution is -2.32. The van der Waals surface area contributed by atoms with Crippen molar-refractivity contribution < 1.29 is 9.90 Å². The molecule has 0 radical (unpaired) electrons. The number of phenols is 1. The summed E-state index contributed by atoms with van der Waals surface area (Å²) >= 11 is 0. The van der Waals surface area contributed by atoms with E-state index >= 15 is 0 Å². The highest BCUT2D eigenvalue weighted by molar-refractivity contribution is 5.48. The molecule has 1 aliphatic rings. The summed E-state index contributed by atoms with van der Waals surface area (Å²) in [6.45, 7) is 3.95. The number of isocyanates is 1. The average Bonchev–Trinajstić information content (AvgIpc) is 2.18. The van der Waals surface area contributed by atoms with E-state index in [1.807, 2.05) is 19.9 Å². The Bertz CT molecular complexity index is 469. The van der Waals surface area contributed by atoms with Crippen molar-refractivity contribution in [2.45, 2.75) is 38.6 Å². The highest BCUT2D eigenvalue weighted by Gasteiger charge is 2.40. The van der Waals surface area contributed by atoms with Crippen LogP contribution in [0.3, 0.4) is 0 Å². The summed E-state index contributed by atoms with van der Waals surface area (Å²) in [5.41, 5.74) is 2.42. The van der Waals surface area contributed by atoms with Gasteiger partial charge in [0, 0.05) is 5.56 Å². The van der Waals surface area contributed by atoms with Gasteiger partial charge in [-0.3, -0.25) is 0 Å². The van der Waals surface area contributed by atoms with Crippen LogP contribution >= 0.6 is 0 Å². The summed E-state index contributed by atoms with van der Waals surface area (Å²) in [5, 5.41) is 9.95. The minimum Gasteiger partial charge on any atom is -0.508 e. The van der Waals surface area contributed by atoms with E-state index in [-0.39, 0.29) is 5.75 Å². The molecule has 3 nitrogen and oxygen atoms in total. The second kappa shape index (κ2) is 3.76. The maximum atomic E-state index is 10.5. The predicted molar refractivity (Wildman–Crippen MR) is 61.2 cm³/mol. The van der Waals surface area contributed by atoms with Gasteiger partial charge in [-0.05, 0) is 56.4 Å². The number of aromatic hydroxyl groups is 1. The van der Waals surface area contributed by atoms with Crippen molar-refractivity contribution in [2.75, 3.05) is 0 Å². The van der Waals surface area contributed by atoms with Gasteiger partial charge in [0.2, 0.25) is 6.08 Å². The number of carbonyl (C=O) groups excluding carboxylic acids is 1. The molecule has 0 spiro atoms. The molecule has 1 fully saturated rings. The first-order valence-corrected chi connectivity index (χ1v) is 5.49. The minimum absolute atomic E-state index is 0.238. The summed E-state index contributed by atoms with van der Waals surface area (Å²) in [6.07, 6.45) is 4.31. The van der Waals surface area contributed by atoms with Crippen molar-refractivity contribution >= 4 is 6.08 Å². The SMILES string of the molecule is Cc1cc(O)c(C2(N=C=O)CCC2)cc1C. The fraction of sp³-hybridized carbons (Fsp3) is 0.462. The van der Waals surface area contributed by atoms with Crippen molar-refractivity contribution in [3.05, 3.63) is 28.8 Å². The summed E-state index contributed by atoms with van der Waals surface area (Å²) in [6, 6.07) is 3.68. The number of hydrogen-bond donors (Lipinski definition) is 1. The lowest BCUT2D eigenvalue weighted by Gasteiger charge is -2.37. The average molecular weight is 217 g/mol. The number of hydrogen-bond acceptors (Lipinski definition) is 3. The summed E-state index contributed by atoms with van der Waals surface area (Å²) in [5.74, 6) is 0.238. The zero-order chi connectivity index (χ0) is 11.8. The molecule has 84 valence electrons. The quantitative estimate of drug-likeness (QED) is 0.611. The van der Waals surface area contributed by atoms with E-state index < -0.39 is 5.54 Å². The van der Waals surface area contributed by atoms with Crippen molar-refractivity contribution in [1.82, 2.24) is 0 Å². The maximum Gasteiger partial charge on any atom is 0.235 e. The molecule has 1 aromatic carbocycles. The van der Waals surface area contributed by atoms with E-state index in [4.69, 9.17) is 0 Å². The van der Waals surface area contributed by atoms with Gasteiger partial charge in [-0.2, -0.15) is 4.99 Å². The second-order valence-electron chi connectivity index (χ2n) is 4.54. The zero-order valence-electron chi connectivity index (χ0n) is 9.58. The highest BCUT2D eigenvalue weighted by atomic mass is 16.3. The molecular formula is C13H15NO2. The fourth-order valence-corrected chi connectivity index (χ4v) is 2.21. The molecule has 1 saturated carbocycles. The molecule has 0 unspecified atom stereocenters. The van der Waals surface area contributed by atoms with Crippen LogP contribution in [0.4, 0.5) is 0 Å². The first-order chi connectivity index (χ1) is 7.59. The van der Waals surface area contributed by atoms with Gasteiger partial charge in [0.05, 0.1) is 0 Å². The van der Waals surface area contributed by atoms with E-state index in [9.17, 15) is 9.90 Å². The van der Waals surface area contributed by atoms with Crippen molar-refractivity contribution in [2.24, 2.45) is 4.99 Å². The second-order valence-corrected chi connectivity index (χ2v) is 4.54. The Morgan fingerprint density at radius 2 is 1.94 bits per heavy atom. The van der Waals surface area contributed by atoms with Gasteiger partial charge in [-0.1, -0.05) is 0 Å². The van der Waals surface area contributed by atoms with E-state index in [1.54, 1.807) is 12.1 Å². The van der Waals surface area contributed by atoms with Crippen LogP contribution in [0.2, 0.25) is 0 Å². The largest absolute Gasteiger partial charge is 0.508 e. The van der Waals surface area contributed by atoms with Gasteiger partial charge in [-0.15, -0.1) is 0 Å². The Labute approximate surface area is 94.8 Å². The van der Waals surface area contributed by atoms with Crippen molar-refractivity contribution in [1.29, 1.82) is 0 Å². The number of aryl methyl sites for hydroxylation is 2. The zero-order valence-corrected chi connectivity index (χ0v) is 9.58. The van der Waals surface area contributed by atoms with Gasteiger partial charge < -0.3 is 5.11 Å². The summed E-state index contributed by atoms with van der Waals surface area (Å²) in [4.78, 5) is 14.4. The summed E-state index contributed by atoms with van der Waals surface area (Å²) in [7, 11) is 0.